The summed E-state index contributed by atoms with van der Waals surface area (Å²) in [4.78, 5) is 0. The van der Waals surface area contributed by atoms with Gasteiger partial charge in [0.1, 0.15) is 11.5 Å². The van der Waals surface area contributed by atoms with E-state index >= 15 is 0 Å². The van der Waals surface area contributed by atoms with E-state index < -0.39 is 0 Å². The van der Waals surface area contributed by atoms with Gasteiger partial charge in [0.15, 0.2) is 0 Å². The molecule has 0 saturated heterocycles. The third-order valence-electron chi connectivity index (χ3n) is 2.76. The first-order chi connectivity index (χ1) is 8.65. The molecule has 94 valence electrons. The molecule has 0 aliphatic carbocycles. The number of rotatable bonds is 3. The van der Waals surface area contributed by atoms with Gasteiger partial charge in [0, 0.05) is 17.3 Å². The van der Waals surface area contributed by atoms with Gasteiger partial charge in [0.25, 0.3) is 0 Å². The second kappa shape index (κ2) is 4.87. The van der Waals surface area contributed by atoms with Gasteiger partial charge in [-0.25, -0.2) is 0 Å². The average molecular weight is 244 g/mol. The Balaban J connectivity index is 2.58. The Morgan fingerprint density at radius 3 is 2.39 bits per heavy atom. The number of hydrogen-bond donors (Lipinski definition) is 2. The molecule has 0 spiro atoms. The molecular formula is C14H16N2O2. The summed E-state index contributed by atoms with van der Waals surface area (Å²) in [5.74, 6) is 1.35. The summed E-state index contributed by atoms with van der Waals surface area (Å²) < 4.78 is 10.4. The highest BCUT2D eigenvalue weighted by atomic mass is 16.5. The number of hydrogen-bond acceptors (Lipinski definition) is 4. The number of nitrogen functional groups attached to an aromatic ring is 2. The second-order valence-electron chi connectivity index (χ2n) is 3.92. The quantitative estimate of drug-likeness (QED) is 0.814. The van der Waals surface area contributed by atoms with Crippen molar-refractivity contribution in [2.24, 2.45) is 0 Å². The molecule has 2 aromatic carbocycles. The van der Waals surface area contributed by atoms with Crippen LogP contribution in [0, 0.1) is 0 Å². The van der Waals surface area contributed by atoms with Gasteiger partial charge in [-0.1, -0.05) is 12.1 Å². The maximum absolute atomic E-state index is 6.06. The van der Waals surface area contributed by atoms with Crippen LogP contribution in [0.1, 0.15) is 0 Å². The van der Waals surface area contributed by atoms with E-state index in [9.17, 15) is 0 Å². The van der Waals surface area contributed by atoms with E-state index in [1.807, 2.05) is 30.3 Å². The molecule has 2 rings (SSSR count). The van der Waals surface area contributed by atoms with Crippen molar-refractivity contribution in [3.8, 4) is 22.6 Å². The number of benzene rings is 2. The van der Waals surface area contributed by atoms with Crippen molar-refractivity contribution in [3.63, 3.8) is 0 Å². The number of anilines is 2. The highest BCUT2D eigenvalue weighted by Gasteiger charge is 2.09. The second-order valence-corrected chi connectivity index (χ2v) is 3.92. The molecule has 0 aromatic heterocycles. The predicted octanol–water partition coefficient (Wildman–Crippen LogP) is 2.54. The van der Waals surface area contributed by atoms with Gasteiger partial charge in [0.05, 0.1) is 19.9 Å². The van der Waals surface area contributed by atoms with E-state index in [0.717, 1.165) is 11.1 Å². The van der Waals surface area contributed by atoms with Gasteiger partial charge in [-0.3, -0.25) is 0 Å². The van der Waals surface area contributed by atoms with Gasteiger partial charge < -0.3 is 20.9 Å². The van der Waals surface area contributed by atoms with Crippen molar-refractivity contribution in [3.05, 3.63) is 36.4 Å². The van der Waals surface area contributed by atoms with Crippen LogP contribution in [-0.2, 0) is 0 Å². The molecule has 4 heteroatoms. The van der Waals surface area contributed by atoms with Crippen LogP contribution in [0.5, 0.6) is 11.5 Å². The van der Waals surface area contributed by atoms with E-state index in [0.29, 0.717) is 22.9 Å². The maximum Gasteiger partial charge on any atom is 0.142 e. The molecule has 0 fully saturated rings. The third kappa shape index (κ3) is 2.18. The number of para-hydroxylation sites is 1. The van der Waals surface area contributed by atoms with Crippen molar-refractivity contribution in [1.82, 2.24) is 0 Å². The van der Waals surface area contributed by atoms with Crippen LogP contribution >= 0.6 is 0 Å². The van der Waals surface area contributed by atoms with Crippen LogP contribution in [0.15, 0.2) is 36.4 Å². The van der Waals surface area contributed by atoms with Gasteiger partial charge in [-0.15, -0.1) is 0 Å². The lowest BCUT2D eigenvalue weighted by molar-refractivity contribution is 0.415. The lowest BCUT2D eigenvalue weighted by atomic mass is 10.0. The summed E-state index contributed by atoms with van der Waals surface area (Å²) in [7, 11) is 3.20. The third-order valence-corrected chi connectivity index (χ3v) is 2.76. The number of methoxy groups -OCH3 is 2. The summed E-state index contributed by atoms with van der Waals surface area (Å²) in [6, 6.07) is 11.1. The molecule has 0 unspecified atom stereocenters. The predicted molar refractivity (Wildman–Crippen MR) is 73.8 cm³/mol. The topological polar surface area (TPSA) is 70.5 Å². The van der Waals surface area contributed by atoms with Crippen LogP contribution in [0.2, 0.25) is 0 Å². The molecule has 4 nitrogen and oxygen atoms in total. The van der Waals surface area contributed by atoms with Gasteiger partial charge in [-0.05, 0) is 23.8 Å². The Morgan fingerprint density at radius 2 is 1.72 bits per heavy atom. The molecule has 2 aromatic rings. The molecular weight excluding hydrogens is 228 g/mol. The fraction of sp³-hybridized carbons (Fsp3) is 0.143. The van der Waals surface area contributed by atoms with Crippen molar-refractivity contribution in [1.29, 1.82) is 0 Å². The number of nitrogens with two attached hydrogens (primary N) is 2. The Labute approximate surface area is 106 Å². The Hall–Kier alpha value is -2.36. The summed E-state index contributed by atoms with van der Waals surface area (Å²) >= 11 is 0. The molecule has 18 heavy (non-hydrogen) atoms. The number of ether oxygens (including phenoxy) is 2. The smallest absolute Gasteiger partial charge is 0.142 e. The lowest BCUT2D eigenvalue weighted by Crippen LogP contribution is -1.96. The van der Waals surface area contributed by atoms with Crippen molar-refractivity contribution in [2.45, 2.75) is 0 Å². The molecule has 0 aliphatic rings. The zero-order valence-corrected chi connectivity index (χ0v) is 10.4. The van der Waals surface area contributed by atoms with E-state index in [1.54, 1.807) is 20.3 Å². The first kappa shape index (κ1) is 12.1. The molecule has 0 atom stereocenters. The molecule has 0 heterocycles. The van der Waals surface area contributed by atoms with Crippen molar-refractivity contribution in [2.75, 3.05) is 25.7 Å². The standard InChI is InChI=1S/C14H16N2O2/c1-17-11-7-9(6-10(15)8-11)12-4-3-5-13(18-2)14(12)16/h3-8H,15-16H2,1-2H3. The minimum Gasteiger partial charge on any atom is -0.497 e. The van der Waals surface area contributed by atoms with Gasteiger partial charge >= 0.3 is 0 Å². The summed E-state index contributed by atoms with van der Waals surface area (Å²) in [5.41, 5.74) is 14.9. The Morgan fingerprint density at radius 1 is 0.944 bits per heavy atom. The monoisotopic (exact) mass is 244 g/mol. The first-order valence-electron chi connectivity index (χ1n) is 5.53. The highest BCUT2D eigenvalue weighted by Crippen LogP contribution is 2.35. The van der Waals surface area contributed by atoms with Crippen LogP contribution in [0.3, 0.4) is 0 Å². The molecule has 0 saturated carbocycles. The summed E-state index contributed by atoms with van der Waals surface area (Å²) in [6.07, 6.45) is 0. The van der Waals surface area contributed by atoms with E-state index in [4.69, 9.17) is 20.9 Å². The molecule has 0 aliphatic heterocycles. The Bertz CT molecular complexity index is 568. The van der Waals surface area contributed by atoms with Crippen LogP contribution in [0.25, 0.3) is 11.1 Å². The average Bonchev–Trinajstić information content (AvgIpc) is 2.38. The molecule has 0 bridgehead atoms. The van der Waals surface area contributed by atoms with Gasteiger partial charge in [-0.2, -0.15) is 0 Å². The molecule has 4 N–H and O–H groups in total. The minimum atomic E-state index is 0.590. The van der Waals surface area contributed by atoms with Crippen molar-refractivity contribution < 1.29 is 9.47 Å². The first-order valence-corrected chi connectivity index (χ1v) is 5.53. The van der Waals surface area contributed by atoms with E-state index in [1.165, 1.54) is 0 Å². The van der Waals surface area contributed by atoms with Crippen LogP contribution < -0.4 is 20.9 Å². The normalized spacial score (nSPS) is 10.1. The zero-order chi connectivity index (χ0) is 13.1. The Kier molecular flexibility index (Phi) is 3.28. The minimum absolute atomic E-state index is 0.590. The highest BCUT2D eigenvalue weighted by molar-refractivity contribution is 5.82. The summed E-state index contributed by atoms with van der Waals surface area (Å²) in [5, 5.41) is 0. The molecule has 0 radical (unpaired) electrons. The van der Waals surface area contributed by atoms with Gasteiger partial charge in [0.2, 0.25) is 0 Å². The largest absolute Gasteiger partial charge is 0.497 e. The maximum atomic E-state index is 6.06. The SMILES string of the molecule is COc1cc(N)cc(-c2cccc(OC)c2N)c1. The van der Waals surface area contributed by atoms with Crippen LogP contribution in [0.4, 0.5) is 11.4 Å². The van der Waals surface area contributed by atoms with E-state index in [2.05, 4.69) is 0 Å². The lowest BCUT2D eigenvalue weighted by Gasteiger charge is -2.12. The van der Waals surface area contributed by atoms with E-state index in [-0.39, 0.29) is 0 Å². The zero-order valence-electron chi connectivity index (χ0n) is 10.4. The molecule has 0 amide bonds. The van der Waals surface area contributed by atoms with Crippen LogP contribution in [-0.4, -0.2) is 14.2 Å². The fourth-order valence-electron chi connectivity index (χ4n) is 1.87. The fourth-order valence-corrected chi connectivity index (χ4v) is 1.87. The van der Waals surface area contributed by atoms with Crippen molar-refractivity contribution >= 4 is 11.4 Å². The summed E-state index contributed by atoms with van der Waals surface area (Å²) in [6.45, 7) is 0.